The summed E-state index contributed by atoms with van der Waals surface area (Å²) in [6, 6.07) is 10.3. The van der Waals surface area contributed by atoms with Crippen molar-refractivity contribution in [3.63, 3.8) is 0 Å². The van der Waals surface area contributed by atoms with Gasteiger partial charge in [-0.2, -0.15) is 4.99 Å². The minimum absolute atomic E-state index is 0.0765. The number of rotatable bonds is 7. The first-order valence-electron chi connectivity index (χ1n) is 8.83. The number of esters is 1. The van der Waals surface area contributed by atoms with E-state index >= 15 is 0 Å². The number of anilines is 1. The molecule has 3 rings (SSSR count). The highest BCUT2D eigenvalue weighted by atomic mass is 35.5. The second-order valence-electron chi connectivity index (χ2n) is 6.35. The van der Waals surface area contributed by atoms with Crippen molar-refractivity contribution in [3.05, 3.63) is 63.6 Å². The fraction of sp³-hybridized carbons (Fsp3) is 0.150. The molecule has 1 aliphatic heterocycles. The minimum Gasteiger partial charge on any atom is -0.454 e. The maximum atomic E-state index is 12.2. The molecular weight excluding hydrogens is 465 g/mol. The summed E-state index contributed by atoms with van der Waals surface area (Å²) in [7, 11) is 0. The van der Waals surface area contributed by atoms with E-state index in [4.69, 9.17) is 33.7 Å². The second kappa shape index (κ2) is 9.95. The Morgan fingerprint density at radius 2 is 1.84 bits per heavy atom. The monoisotopic (exact) mass is 479 g/mol. The average Bonchev–Trinajstić information content (AvgIpc) is 3.03. The van der Waals surface area contributed by atoms with Gasteiger partial charge in [0.25, 0.3) is 5.91 Å². The van der Waals surface area contributed by atoms with Crippen molar-refractivity contribution in [1.29, 1.82) is 0 Å². The number of ketones is 1. The van der Waals surface area contributed by atoms with Gasteiger partial charge in [0.2, 0.25) is 11.7 Å². The van der Waals surface area contributed by atoms with Crippen LogP contribution < -0.4 is 11.1 Å². The summed E-state index contributed by atoms with van der Waals surface area (Å²) in [5, 5.41) is 2.68. The number of nitrogens with one attached hydrogen (secondary N) is 1. The van der Waals surface area contributed by atoms with Gasteiger partial charge in [-0.15, -0.1) is 0 Å². The van der Waals surface area contributed by atoms with E-state index < -0.39 is 35.4 Å². The molecule has 2 aromatic carbocycles. The van der Waals surface area contributed by atoms with E-state index in [-0.39, 0.29) is 27.7 Å². The third kappa shape index (κ3) is 6.06. The molecule has 160 valence electrons. The molecule has 0 aliphatic carbocycles. The topological polar surface area (TPSA) is 128 Å². The van der Waals surface area contributed by atoms with Gasteiger partial charge in [0.15, 0.2) is 11.8 Å². The molecule has 0 unspecified atom stereocenters. The molecule has 0 aromatic heterocycles. The average molecular weight is 480 g/mol. The molecule has 1 aliphatic rings. The maximum Gasteiger partial charge on any atom is 0.338 e. The summed E-state index contributed by atoms with van der Waals surface area (Å²) < 4.78 is 5.03. The summed E-state index contributed by atoms with van der Waals surface area (Å²) in [6.07, 6.45) is -0.0765. The molecule has 2 amide bonds. The fourth-order valence-electron chi connectivity index (χ4n) is 2.61. The molecule has 31 heavy (non-hydrogen) atoms. The zero-order chi connectivity index (χ0) is 22.5. The van der Waals surface area contributed by atoms with Crippen LogP contribution in [0, 0.1) is 0 Å². The van der Waals surface area contributed by atoms with Gasteiger partial charge in [0.05, 0.1) is 10.6 Å². The first-order chi connectivity index (χ1) is 14.7. The van der Waals surface area contributed by atoms with Gasteiger partial charge in [-0.1, -0.05) is 35.0 Å². The van der Waals surface area contributed by atoms with E-state index in [1.165, 1.54) is 42.5 Å². The predicted octanol–water partition coefficient (Wildman–Crippen LogP) is 3.32. The fourth-order valence-corrected chi connectivity index (χ4v) is 3.95. The lowest BCUT2D eigenvalue weighted by molar-refractivity contribution is -0.121. The number of aliphatic imine (C=N–C) groups is 1. The molecule has 3 N–H and O–H groups in total. The Kier molecular flexibility index (Phi) is 7.32. The normalized spacial score (nSPS) is 15.4. The van der Waals surface area contributed by atoms with Crippen LogP contribution in [0.1, 0.15) is 27.1 Å². The summed E-state index contributed by atoms with van der Waals surface area (Å²) in [6.45, 7) is -0.489. The molecule has 0 fully saturated rings. The Bertz CT molecular complexity index is 1090. The van der Waals surface area contributed by atoms with Gasteiger partial charge in [-0.3, -0.25) is 14.4 Å². The number of nitrogens with two attached hydrogens (primary N) is 1. The minimum atomic E-state index is -0.711. The molecule has 0 saturated heterocycles. The predicted molar refractivity (Wildman–Crippen MR) is 119 cm³/mol. The van der Waals surface area contributed by atoms with Crippen LogP contribution in [0.4, 0.5) is 5.69 Å². The van der Waals surface area contributed by atoms with Crippen LogP contribution in [0.5, 0.6) is 0 Å². The Morgan fingerprint density at radius 3 is 2.45 bits per heavy atom. The van der Waals surface area contributed by atoms with Crippen molar-refractivity contribution in [1.82, 2.24) is 0 Å². The van der Waals surface area contributed by atoms with Crippen molar-refractivity contribution in [2.24, 2.45) is 10.7 Å². The lowest BCUT2D eigenvalue weighted by Gasteiger charge is -2.09. The third-order valence-corrected chi connectivity index (χ3v) is 5.63. The number of amides is 2. The van der Waals surface area contributed by atoms with E-state index in [1.54, 1.807) is 0 Å². The van der Waals surface area contributed by atoms with Gasteiger partial charge in [0, 0.05) is 22.7 Å². The Balaban J connectivity index is 1.51. The van der Waals surface area contributed by atoms with E-state index in [9.17, 15) is 19.2 Å². The second-order valence-corrected chi connectivity index (χ2v) is 8.41. The van der Waals surface area contributed by atoms with Crippen LogP contribution in [0.2, 0.25) is 10.0 Å². The number of ether oxygens (including phenoxy) is 1. The van der Waals surface area contributed by atoms with Gasteiger partial charge in [0.1, 0.15) is 5.25 Å². The number of nitrogens with zero attached hydrogens (tertiary/aromatic N) is 1. The highest BCUT2D eigenvalue weighted by molar-refractivity contribution is 8.15. The van der Waals surface area contributed by atoms with Gasteiger partial charge in [-0.05, 0) is 42.5 Å². The molecular formula is C20H15Cl2N3O5S. The SMILES string of the molecule is NC1=NC(=O)[C@H](CC(=O)Nc2ccc(C(=O)OCC(=O)c3ccc(Cl)cc3Cl)cc2)S1. The summed E-state index contributed by atoms with van der Waals surface area (Å²) in [5.74, 6) is -2.01. The summed E-state index contributed by atoms with van der Waals surface area (Å²) in [4.78, 5) is 51.6. The van der Waals surface area contributed by atoms with E-state index in [0.29, 0.717) is 10.7 Å². The number of hydrogen-bond donors (Lipinski definition) is 2. The molecule has 2 aromatic rings. The van der Waals surface area contributed by atoms with Crippen LogP contribution >= 0.6 is 35.0 Å². The smallest absolute Gasteiger partial charge is 0.338 e. The maximum absolute atomic E-state index is 12.2. The van der Waals surface area contributed by atoms with E-state index in [2.05, 4.69) is 10.3 Å². The van der Waals surface area contributed by atoms with Crippen LogP contribution in [-0.4, -0.2) is 40.6 Å². The number of halogens is 2. The number of thioether (sulfide) groups is 1. The Morgan fingerprint density at radius 1 is 1.13 bits per heavy atom. The number of benzene rings is 2. The highest BCUT2D eigenvalue weighted by Gasteiger charge is 2.29. The van der Waals surface area contributed by atoms with E-state index in [0.717, 1.165) is 11.8 Å². The van der Waals surface area contributed by atoms with Crippen molar-refractivity contribution in [2.75, 3.05) is 11.9 Å². The van der Waals surface area contributed by atoms with Crippen LogP contribution in [0.15, 0.2) is 47.5 Å². The third-order valence-electron chi connectivity index (χ3n) is 4.10. The van der Waals surface area contributed by atoms with Gasteiger partial charge >= 0.3 is 5.97 Å². The first kappa shape index (κ1) is 22.8. The van der Waals surface area contributed by atoms with Crippen molar-refractivity contribution in [2.45, 2.75) is 11.7 Å². The molecule has 0 spiro atoms. The van der Waals surface area contributed by atoms with Crippen LogP contribution in [0.3, 0.4) is 0 Å². The van der Waals surface area contributed by atoms with Crippen molar-refractivity contribution < 1.29 is 23.9 Å². The number of hydrogen-bond acceptors (Lipinski definition) is 7. The molecule has 0 radical (unpaired) electrons. The zero-order valence-electron chi connectivity index (χ0n) is 15.8. The number of carbonyl (C=O) groups excluding carboxylic acids is 4. The Hall–Kier alpha value is -2.88. The first-order valence-corrected chi connectivity index (χ1v) is 10.5. The van der Waals surface area contributed by atoms with Crippen LogP contribution in [0.25, 0.3) is 0 Å². The quantitative estimate of drug-likeness (QED) is 0.460. The molecule has 1 heterocycles. The number of amidine groups is 1. The van der Waals surface area contributed by atoms with E-state index in [1.807, 2.05) is 0 Å². The molecule has 8 nitrogen and oxygen atoms in total. The van der Waals surface area contributed by atoms with Crippen molar-refractivity contribution >= 4 is 69.4 Å². The number of Topliss-reactive ketones (excluding diaryl/α,β-unsaturated/α-hetero) is 1. The molecule has 0 saturated carbocycles. The summed E-state index contributed by atoms with van der Waals surface area (Å²) >= 11 is 12.8. The van der Waals surface area contributed by atoms with Crippen molar-refractivity contribution in [3.8, 4) is 0 Å². The summed E-state index contributed by atoms with van der Waals surface area (Å²) in [5.41, 5.74) is 6.28. The number of carbonyl (C=O) groups is 4. The van der Waals surface area contributed by atoms with Crippen LogP contribution in [-0.2, 0) is 14.3 Å². The zero-order valence-corrected chi connectivity index (χ0v) is 18.1. The molecule has 1 atom stereocenters. The Labute approximate surface area is 191 Å². The van der Waals surface area contributed by atoms with Gasteiger partial charge < -0.3 is 15.8 Å². The standard InChI is InChI=1S/C20H15Cl2N3O5S/c21-11-3-6-13(14(22)7-11)15(26)9-30-19(29)10-1-4-12(5-2-10)24-17(27)8-16-18(28)25-20(23)31-16/h1-7,16H,8-9H2,(H,24,27)(H2,23,25,28)/t16-/m0/s1. The molecule has 0 bridgehead atoms. The highest BCUT2D eigenvalue weighted by Crippen LogP contribution is 2.24. The largest absolute Gasteiger partial charge is 0.454 e. The lowest BCUT2D eigenvalue weighted by atomic mass is 10.1. The van der Waals surface area contributed by atoms with Gasteiger partial charge in [-0.25, -0.2) is 4.79 Å². The lowest BCUT2D eigenvalue weighted by Crippen LogP contribution is -2.21. The molecule has 11 heteroatoms.